The molecule has 1 heterocycles. The van der Waals surface area contributed by atoms with Crippen LogP contribution < -0.4 is 21.8 Å². The molecule has 0 aliphatic rings. The van der Waals surface area contributed by atoms with E-state index in [4.69, 9.17) is 0 Å². The molecule has 0 aliphatic heterocycles. The average molecular weight is 493 g/mol. The van der Waals surface area contributed by atoms with Gasteiger partial charge < -0.3 is 10.6 Å². The fraction of sp³-hybridized carbons (Fsp3) is 0.0833. The lowest BCUT2D eigenvalue weighted by molar-refractivity contribution is -0.115. The average Bonchev–Trinajstić information content (AvgIpc) is 2.86. The fourth-order valence-electron chi connectivity index (χ4n) is 3.47. The van der Waals surface area contributed by atoms with Crippen LogP contribution in [0.25, 0.3) is 10.8 Å². The van der Waals surface area contributed by atoms with Crippen molar-refractivity contribution in [2.24, 2.45) is 0 Å². The van der Waals surface area contributed by atoms with E-state index in [0.717, 1.165) is 0 Å². The van der Waals surface area contributed by atoms with Gasteiger partial charge in [-0.2, -0.15) is 0 Å². The second-order valence-electron chi connectivity index (χ2n) is 7.64. The number of hydrogen-bond acceptors (Lipinski definition) is 6. The normalized spacial score (nSPS) is 11.2. The number of benzene rings is 3. The van der Waals surface area contributed by atoms with Crippen molar-refractivity contribution in [1.29, 1.82) is 0 Å². The summed E-state index contributed by atoms with van der Waals surface area (Å²) in [6.45, 7) is -0.388. The minimum Gasteiger partial charge on any atom is -0.343 e. The first-order valence-electron chi connectivity index (χ1n) is 10.4. The number of carbonyl (C=O) groups is 2. The Labute approximate surface area is 198 Å². The Morgan fingerprint density at radius 1 is 0.800 bits per heavy atom. The van der Waals surface area contributed by atoms with Crippen LogP contribution >= 0.6 is 0 Å². The smallest absolute Gasteiger partial charge is 0.272 e. The van der Waals surface area contributed by atoms with Crippen LogP contribution in [0, 0.1) is 0 Å². The van der Waals surface area contributed by atoms with Crippen molar-refractivity contribution in [3.05, 3.63) is 105 Å². The molecule has 2 amide bonds. The molecule has 0 bridgehead atoms. The van der Waals surface area contributed by atoms with Gasteiger partial charge in [0.2, 0.25) is 5.91 Å². The monoisotopic (exact) mass is 492 g/mol. The molecule has 0 radical (unpaired) electrons. The predicted octanol–water partition coefficient (Wildman–Crippen LogP) is 1.56. The molecule has 4 N–H and O–H groups in total. The summed E-state index contributed by atoms with van der Waals surface area (Å²) in [4.78, 5) is 49.0. The van der Waals surface area contributed by atoms with E-state index >= 15 is 0 Å². The molecule has 178 valence electrons. The summed E-state index contributed by atoms with van der Waals surface area (Å²) < 4.78 is 25.0. The summed E-state index contributed by atoms with van der Waals surface area (Å²) in [5, 5.41) is 9.54. The molecule has 0 fully saturated rings. The van der Waals surface area contributed by atoms with Crippen molar-refractivity contribution in [2.45, 2.75) is 10.6 Å². The zero-order valence-corrected chi connectivity index (χ0v) is 19.0. The van der Waals surface area contributed by atoms with Gasteiger partial charge in [-0.05, 0) is 42.0 Å². The van der Waals surface area contributed by atoms with Crippen LogP contribution in [0.5, 0.6) is 0 Å². The van der Waals surface area contributed by atoms with Gasteiger partial charge >= 0.3 is 0 Å². The molecule has 0 atom stereocenters. The number of fused-ring (bicyclic) bond motifs is 1. The van der Waals surface area contributed by atoms with E-state index in [-0.39, 0.29) is 39.2 Å². The third-order valence-electron chi connectivity index (χ3n) is 5.18. The van der Waals surface area contributed by atoms with Crippen LogP contribution in [-0.2, 0) is 20.4 Å². The Bertz CT molecular complexity index is 1620. The van der Waals surface area contributed by atoms with Crippen molar-refractivity contribution in [3.63, 3.8) is 0 Å². The van der Waals surface area contributed by atoms with Crippen LogP contribution in [0.15, 0.2) is 87.3 Å². The third-order valence-corrected chi connectivity index (χ3v) is 6.89. The first kappa shape index (κ1) is 23.6. The van der Waals surface area contributed by atoms with Gasteiger partial charge in [-0.3, -0.25) is 29.4 Å². The van der Waals surface area contributed by atoms with Crippen LogP contribution in [-0.4, -0.2) is 37.0 Å². The largest absolute Gasteiger partial charge is 0.343 e. The molecular formula is C24H20N4O6S. The van der Waals surface area contributed by atoms with Crippen LogP contribution in [0.1, 0.15) is 15.9 Å². The second-order valence-corrected chi connectivity index (χ2v) is 9.63. The molecule has 4 aromatic rings. The SMILES string of the molecule is O=C(CNC(=O)c1ccc(CS(=O)(=O)c2ccccc2)cc1)Nc1cccc2c(=O)[nH][nH]c(=O)c12. The first-order valence-corrected chi connectivity index (χ1v) is 12.1. The van der Waals surface area contributed by atoms with Crippen molar-refractivity contribution in [2.75, 3.05) is 11.9 Å². The third kappa shape index (κ3) is 5.36. The molecule has 0 spiro atoms. The molecule has 0 unspecified atom stereocenters. The number of anilines is 1. The highest BCUT2D eigenvalue weighted by Crippen LogP contribution is 2.17. The van der Waals surface area contributed by atoms with Crippen LogP contribution in [0.4, 0.5) is 5.69 Å². The quantitative estimate of drug-likeness (QED) is 0.306. The maximum atomic E-state index is 12.5. The number of sulfone groups is 1. The van der Waals surface area contributed by atoms with Crippen molar-refractivity contribution in [1.82, 2.24) is 15.5 Å². The van der Waals surface area contributed by atoms with Gasteiger partial charge in [0.1, 0.15) is 0 Å². The van der Waals surface area contributed by atoms with Gasteiger partial charge in [-0.1, -0.05) is 36.4 Å². The Morgan fingerprint density at radius 2 is 1.49 bits per heavy atom. The number of rotatable bonds is 7. The first-order chi connectivity index (χ1) is 16.7. The molecule has 0 aliphatic carbocycles. The van der Waals surface area contributed by atoms with E-state index in [0.29, 0.717) is 5.56 Å². The molecule has 0 saturated carbocycles. The van der Waals surface area contributed by atoms with E-state index in [1.54, 1.807) is 18.2 Å². The number of carbonyl (C=O) groups excluding carboxylic acids is 2. The summed E-state index contributed by atoms with van der Waals surface area (Å²) in [7, 11) is -3.52. The summed E-state index contributed by atoms with van der Waals surface area (Å²) in [5.41, 5.74) is -0.192. The highest BCUT2D eigenvalue weighted by Gasteiger charge is 2.16. The summed E-state index contributed by atoms with van der Waals surface area (Å²) in [6, 6.07) is 18.5. The summed E-state index contributed by atoms with van der Waals surface area (Å²) in [6.07, 6.45) is 0. The minimum atomic E-state index is -3.52. The highest BCUT2D eigenvalue weighted by atomic mass is 32.2. The highest BCUT2D eigenvalue weighted by molar-refractivity contribution is 7.90. The lowest BCUT2D eigenvalue weighted by Crippen LogP contribution is -2.33. The van der Waals surface area contributed by atoms with E-state index in [1.165, 1.54) is 54.6 Å². The minimum absolute atomic E-state index is 0.0250. The molecule has 0 saturated heterocycles. The summed E-state index contributed by atoms with van der Waals surface area (Å²) >= 11 is 0. The van der Waals surface area contributed by atoms with E-state index < -0.39 is 32.8 Å². The number of nitrogens with one attached hydrogen (secondary N) is 4. The number of amides is 2. The maximum Gasteiger partial charge on any atom is 0.272 e. The lowest BCUT2D eigenvalue weighted by Gasteiger charge is -2.09. The van der Waals surface area contributed by atoms with E-state index in [1.807, 2.05) is 0 Å². The number of aromatic amines is 2. The molecule has 1 aromatic heterocycles. The number of aromatic nitrogens is 2. The fourth-order valence-corrected chi connectivity index (χ4v) is 4.84. The van der Waals surface area contributed by atoms with E-state index in [2.05, 4.69) is 20.8 Å². The standard InChI is InChI=1S/C24H20N4O6S/c29-20(26-19-8-4-7-18-21(19)24(32)28-27-23(18)31)13-25-22(30)16-11-9-15(10-12-16)14-35(33,34)17-5-2-1-3-6-17/h1-12H,13-14H2,(H,25,30)(H,26,29)(H,27,31)(H,28,32). The van der Waals surface area contributed by atoms with Gasteiger partial charge in [-0.15, -0.1) is 0 Å². The lowest BCUT2D eigenvalue weighted by atomic mass is 10.1. The molecule has 35 heavy (non-hydrogen) atoms. The molecule has 10 nitrogen and oxygen atoms in total. The maximum absolute atomic E-state index is 12.5. The van der Waals surface area contributed by atoms with Gasteiger partial charge in [-0.25, -0.2) is 8.42 Å². The Hall–Kier alpha value is -4.51. The van der Waals surface area contributed by atoms with Crippen LogP contribution in [0.3, 0.4) is 0 Å². The molecule has 4 rings (SSSR count). The number of H-pyrrole nitrogens is 2. The molecular weight excluding hydrogens is 472 g/mol. The molecule has 11 heteroatoms. The van der Waals surface area contributed by atoms with Gasteiger partial charge in [0.05, 0.1) is 33.7 Å². The second kappa shape index (κ2) is 9.77. The Morgan fingerprint density at radius 3 is 2.20 bits per heavy atom. The van der Waals surface area contributed by atoms with Gasteiger partial charge in [0, 0.05) is 5.56 Å². The van der Waals surface area contributed by atoms with Gasteiger partial charge in [0.15, 0.2) is 9.84 Å². The van der Waals surface area contributed by atoms with E-state index in [9.17, 15) is 27.6 Å². The Kier molecular flexibility index (Phi) is 6.60. The van der Waals surface area contributed by atoms with Crippen LogP contribution in [0.2, 0.25) is 0 Å². The van der Waals surface area contributed by atoms with Crippen molar-refractivity contribution < 1.29 is 18.0 Å². The topological polar surface area (TPSA) is 158 Å². The zero-order chi connectivity index (χ0) is 25.0. The van der Waals surface area contributed by atoms with Crippen molar-refractivity contribution in [3.8, 4) is 0 Å². The Balaban J connectivity index is 1.38. The number of hydrogen-bond donors (Lipinski definition) is 4. The summed E-state index contributed by atoms with van der Waals surface area (Å²) in [5.74, 6) is -1.35. The predicted molar refractivity (Wildman–Crippen MR) is 130 cm³/mol. The van der Waals surface area contributed by atoms with Crippen molar-refractivity contribution >= 4 is 38.1 Å². The van der Waals surface area contributed by atoms with Gasteiger partial charge in [0.25, 0.3) is 17.0 Å². The zero-order valence-electron chi connectivity index (χ0n) is 18.2. The molecule has 3 aromatic carbocycles.